The molecule has 1 aromatic rings. The number of nitrogens with one attached hydrogen (secondary N) is 1. The third-order valence-electron chi connectivity index (χ3n) is 2.84. The van der Waals surface area contributed by atoms with Crippen molar-refractivity contribution in [2.24, 2.45) is 11.7 Å². The minimum Gasteiger partial charge on any atom is -0.328 e. The van der Waals surface area contributed by atoms with Crippen LogP contribution in [-0.4, -0.2) is 16.9 Å². The predicted octanol–water partition coefficient (Wildman–Crippen LogP) is 1.29. The number of halogens is 1. The normalized spacial score (nSPS) is 24.4. The maximum absolute atomic E-state index is 12.5. The van der Waals surface area contributed by atoms with Gasteiger partial charge in [-0.15, -0.1) is 0 Å². The zero-order valence-electron chi connectivity index (χ0n) is 8.82. The molecule has 16 heavy (non-hydrogen) atoms. The van der Waals surface area contributed by atoms with E-state index in [1.807, 2.05) is 0 Å². The van der Waals surface area contributed by atoms with Gasteiger partial charge in [0.2, 0.25) is 11.9 Å². The van der Waals surface area contributed by atoms with Crippen molar-refractivity contribution in [2.45, 2.75) is 25.3 Å². The summed E-state index contributed by atoms with van der Waals surface area (Å²) in [6.07, 6.45) is 3.74. The molecule has 1 aromatic heterocycles. The highest BCUT2D eigenvalue weighted by atomic mass is 19.1. The van der Waals surface area contributed by atoms with Crippen molar-refractivity contribution in [1.29, 1.82) is 0 Å². The van der Waals surface area contributed by atoms with Gasteiger partial charge < -0.3 is 11.1 Å². The van der Waals surface area contributed by atoms with E-state index in [9.17, 15) is 9.18 Å². The maximum atomic E-state index is 12.5. The summed E-state index contributed by atoms with van der Waals surface area (Å²) in [5.41, 5.74) is 6.25. The first-order chi connectivity index (χ1) is 7.65. The molecule has 1 fully saturated rings. The van der Waals surface area contributed by atoms with E-state index in [4.69, 9.17) is 5.73 Å². The Bertz CT molecular complexity index is 379. The predicted molar refractivity (Wildman–Crippen MR) is 58.1 cm³/mol. The summed E-state index contributed by atoms with van der Waals surface area (Å²) in [5.74, 6) is -0.637. The van der Waals surface area contributed by atoms with Crippen LogP contribution < -0.4 is 11.1 Å². The molecule has 0 aromatic carbocycles. The second kappa shape index (κ2) is 4.57. The second-order valence-corrected chi connectivity index (χ2v) is 4.13. The Morgan fingerprint density at radius 1 is 1.50 bits per heavy atom. The molecular weight excluding hydrogens is 209 g/mol. The number of carbonyl (C=O) groups excluding carboxylic acids is 1. The van der Waals surface area contributed by atoms with Crippen LogP contribution in [0.1, 0.15) is 19.3 Å². The van der Waals surface area contributed by atoms with Crippen molar-refractivity contribution < 1.29 is 9.18 Å². The number of anilines is 1. The molecule has 0 spiro atoms. The van der Waals surface area contributed by atoms with Gasteiger partial charge in [-0.25, -0.2) is 4.98 Å². The van der Waals surface area contributed by atoms with Crippen molar-refractivity contribution in [3.05, 3.63) is 24.3 Å². The molecule has 0 radical (unpaired) electrons. The zero-order chi connectivity index (χ0) is 11.5. The van der Waals surface area contributed by atoms with Gasteiger partial charge in [0.15, 0.2) is 0 Å². The minimum atomic E-state index is -0.555. The first kappa shape index (κ1) is 11.0. The lowest BCUT2D eigenvalue weighted by Crippen LogP contribution is -2.23. The van der Waals surface area contributed by atoms with Crippen LogP contribution in [-0.2, 0) is 4.79 Å². The van der Waals surface area contributed by atoms with Crippen LogP contribution in [0.5, 0.6) is 0 Å². The van der Waals surface area contributed by atoms with E-state index < -0.39 is 5.95 Å². The highest BCUT2D eigenvalue weighted by Gasteiger charge is 2.27. The van der Waals surface area contributed by atoms with E-state index in [1.165, 1.54) is 18.3 Å². The molecule has 3 N–H and O–H groups in total. The van der Waals surface area contributed by atoms with Crippen molar-refractivity contribution in [2.75, 3.05) is 5.32 Å². The van der Waals surface area contributed by atoms with Gasteiger partial charge in [0.25, 0.3) is 0 Å². The number of amides is 1. The zero-order valence-corrected chi connectivity index (χ0v) is 8.82. The quantitative estimate of drug-likeness (QED) is 0.742. The number of rotatable bonds is 2. The van der Waals surface area contributed by atoms with Crippen molar-refractivity contribution >= 4 is 11.6 Å². The molecule has 4 nitrogen and oxygen atoms in total. The van der Waals surface area contributed by atoms with Gasteiger partial charge in [0.1, 0.15) is 0 Å². The van der Waals surface area contributed by atoms with Crippen molar-refractivity contribution in [3.63, 3.8) is 0 Å². The Balaban J connectivity index is 1.94. The molecular formula is C11H14FN3O. The van der Waals surface area contributed by atoms with Gasteiger partial charge in [-0.1, -0.05) is 0 Å². The highest BCUT2D eigenvalue weighted by Crippen LogP contribution is 2.25. The van der Waals surface area contributed by atoms with Gasteiger partial charge in [-0.05, 0) is 31.4 Å². The molecule has 0 saturated heterocycles. The van der Waals surface area contributed by atoms with Gasteiger partial charge >= 0.3 is 0 Å². The van der Waals surface area contributed by atoms with Crippen molar-refractivity contribution in [3.8, 4) is 0 Å². The van der Waals surface area contributed by atoms with Gasteiger partial charge in [-0.2, -0.15) is 4.39 Å². The maximum Gasteiger partial charge on any atom is 0.227 e. The molecule has 0 aliphatic heterocycles. The summed E-state index contributed by atoms with van der Waals surface area (Å²) in [6.45, 7) is 0. The van der Waals surface area contributed by atoms with Crippen LogP contribution in [0.2, 0.25) is 0 Å². The fourth-order valence-corrected chi connectivity index (χ4v) is 1.95. The number of pyridine rings is 1. The largest absolute Gasteiger partial charge is 0.328 e. The lowest BCUT2D eigenvalue weighted by molar-refractivity contribution is -0.119. The Labute approximate surface area is 93.1 Å². The Hall–Kier alpha value is -1.49. The Morgan fingerprint density at radius 2 is 2.31 bits per heavy atom. The summed E-state index contributed by atoms with van der Waals surface area (Å²) < 4.78 is 12.5. The summed E-state index contributed by atoms with van der Waals surface area (Å²) >= 11 is 0. The summed E-state index contributed by atoms with van der Waals surface area (Å²) in [7, 11) is 0. The Kier molecular flexibility index (Phi) is 3.14. The summed E-state index contributed by atoms with van der Waals surface area (Å²) in [6, 6.07) is 2.84. The molecule has 1 heterocycles. The number of carbonyl (C=O) groups is 1. The number of nitrogens with zero attached hydrogens (tertiary/aromatic N) is 1. The monoisotopic (exact) mass is 223 g/mol. The minimum absolute atomic E-state index is 0.0277. The average molecular weight is 223 g/mol. The van der Waals surface area contributed by atoms with E-state index >= 15 is 0 Å². The first-order valence-electron chi connectivity index (χ1n) is 5.33. The molecule has 2 atom stereocenters. The van der Waals surface area contributed by atoms with Crippen LogP contribution >= 0.6 is 0 Å². The number of hydrogen-bond acceptors (Lipinski definition) is 3. The molecule has 86 valence electrons. The highest BCUT2D eigenvalue weighted by molar-refractivity contribution is 5.92. The van der Waals surface area contributed by atoms with E-state index in [1.54, 1.807) is 0 Å². The molecule has 0 bridgehead atoms. The first-order valence-corrected chi connectivity index (χ1v) is 5.33. The smallest absolute Gasteiger partial charge is 0.227 e. The van der Waals surface area contributed by atoms with Crippen LogP contribution in [0.3, 0.4) is 0 Å². The topological polar surface area (TPSA) is 68.0 Å². The van der Waals surface area contributed by atoms with Crippen molar-refractivity contribution in [1.82, 2.24) is 4.98 Å². The fourth-order valence-electron chi connectivity index (χ4n) is 1.95. The molecule has 1 aliphatic rings. The summed E-state index contributed by atoms with van der Waals surface area (Å²) in [5, 5.41) is 2.71. The molecule has 1 saturated carbocycles. The lowest BCUT2D eigenvalue weighted by Gasteiger charge is -2.10. The third-order valence-corrected chi connectivity index (χ3v) is 2.84. The number of aromatic nitrogens is 1. The molecule has 5 heteroatoms. The standard InChI is InChI=1S/C11H14FN3O/c12-10-4-3-9(6-14-10)15-11(16)7-1-2-8(13)5-7/h3-4,6-8H,1-2,5,13H2,(H,15,16). The molecule has 1 aliphatic carbocycles. The fraction of sp³-hybridized carbons (Fsp3) is 0.455. The lowest BCUT2D eigenvalue weighted by atomic mass is 10.1. The second-order valence-electron chi connectivity index (χ2n) is 4.13. The van der Waals surface area contributed by atoms with E-state index in [0.717, 1.165) is 19.3 Å². The molecule has 1 amide bonds. The van der Waals surface area contributed by atoms with Gasteiger partial charge in [-0.3, -0.25) is 4.79 Å². The number of hydrogen-bond donors (Lipinski definition) is 2. The van der Waals surface area contributed by atoms with E-state index in [-0.39, 0.29) is 17.9 Å². The third kappa shape index (κ3) is 2.55. The van der Waals surface area contributed by atoms with E-state index in [2.05, 4.69) is 10.3 Å². The SMILES string of the molecule is NC1CCC(C(=O)Nc2ccc(F)nc2)C1. The molecule has 2 rings (SSSR count). The van der Waals surface area contributed by atoms with Crippen LogP contribution in [0.25, 0.3) is 0 Å². The molecule has 2 unspecified atom stereocenters. The van der Waals surface area contributed by atoms with Crippen LogP contribution in [0, 0.1) is 11.9 Å². The number of nitrogens with two attached hydrogens (primary N) is 1. The summed E-state index contributed by atoms with van der Waals surface area (Å²) in [4.78, 5) is 15.2. The Morgan fingerprint density at radius 3 is 2.88 bits per heavy atom. The van der Waals surface area contributed by atoms with Gasteiger partial charge in [0, 0.05) is 12.0 Å². The van der Waals surface area contributed by atoms with Crippen LogP contribution in [0.4, 0.5) is 10.1 Å². The van der Waals surface area contributed by atoms with Crippen LogP contribution in [0.15, 0.2) is 18.3 Å². The van der Waals surface area contributed by atoms with E-state index in [0.29, 0.717) is 5.69 Å². The van der Waals surface area contributed by atoms with Gasteiger partial charge in [0.05, 0.1) is 11.9 Å². The average Bonchev–Trinajstić information content (AvgIpc) is 2.68.